The Balaban J connectivity index is 1.87. The molecule has 1 heterocycles. The molecular weight excluding hydrogens is 240 g/mol. The third-order valence-electron chi connectivity index (χ3n) is 3.44. The van der Waals surface area contributed by atoms with Crippen LogP contribution in [0.5, 0.6) is 5.75 Å². The number of benzene rings is 1. The van der Waals surface area contributed by atoms with Gasteiger partial charge in [-0.25, -0.2) is 0 Å². The Kier molecular flexibility index (Phi) is 3.07. The summed E-state index contributed by atoms with van der Waals surface area (Å²) in [5, 5.41) is 0. The Morgan fingerprint density at radius 3 is 2.79 bits per heavy atom. The van der Waals surface area contributed by atoms with Gasteiger partial charge in [-0.3, -0.25) is 0 Å². The van der Waals surface area contributed by atoms with Gasteiger partial charge in [0.2, 0.25) is 0 Å². The first-order valence-electron chi connectivity index (χ1n) is 6.50. The lowest BCUT2D eigenvalue weighted by Gasteiger charge is -2.25. The number of anilines is 2. The van der Waals surface area contributed by atoms with Gasteiger partial charge in [-0.15, -0.1) is 0 Å². The molecule has 1 fully saturated rings. The van der Waals surface area contributed by atoms with Crippen molar-refractivity contribution in [3.8, 4) is 5.75 Å². The second kappa shape index (κ2) is 4.88. The largest absolute Gasteiger partial charge is 0.497 e. The monoisotopic (exact) mass is 258 g/mol. The summed E-state index contributed by atoms with van der Waals surface area (Å²) in [5.74, 6) is 1.75. The minimum atomic E-state index is 0.570. The van der Waals surface area contributed by atoms with Crippen LogP contribution in [-0.4, -0.2) is 13.2 Å². The van der Waals surface area contributed by atoms with E-state index in [2.05, 4.69) is 4.90 Å². The first-order chi connectivity index (χ1) is 9.28. The summed E-state index contributed by atoms with van der Waals surface area (Å²) in [7, 11) is 1.65. The Morgan fingerprint density at radius 1 is 1.37 bits per heavy atom. The van der Waals surface area contributed by atoms with Gasteiger partial charge in [0.25, 0.3) is 0 Å². The highest BCUT2D eigenvalue weighted by Gasteiger charge is 2.30. The molecule has 0 spiro atoms. The maximum atomic E-state index is 6.14. The number of ether oxygens (including phenoxy) is 1. The number of nitrogens with two attached hydrogens (primary N) is 1. The Bertz CT molecular complexity index is 547. The van der Waals surface area contributed by atoms with Crippen LogP contribution in [0.4, 0.5) is 11.4 Å². The molecule has 1 aliphatic carbocycles. The third-order valence-corrected chi connectivity index (χ3v) is 3.44. The fraction of sp³-hybridized carbons (Fsp3) is 0.333. The molecule has 0 unspecified atom stereocenters. The molecule has 4 heteroatoms. The predicted molar refractivity (Wildman–Crippen MR) is 75.3 cm³/mol. The van der Waals surface area contributed by atoms with Crippen molar-refractivity contribution < 1.29 is 9.15 Å². The maximum absolute atomic E-state index is 6.14. The van der Waals surface area contributed by atoms with Gasteiger partial charge >= 0.3 is 0 Å². The van der Waals surface area contributed by atoms with E-state index >= 15 is 0 Å². The molecule has 0 radical (unpaired) electrons. The van der Waals surface area contributed by atoms with Crippen LogP contribution in [0, 0.1) is 0 Å². The van der Waals surface area contributed by atoms with Crippen molar-refractivity contribution in [3.05, 3.63) is 42.4 Å². The summed E-state index contributed by atoms with van der Waals surface area (Å²) in [5.41, 5.74) is 7.94. The summed E-state index contributed by atoms with van der Waals surface area (Å²) in [6, 6.07) is 10.3. The zero-order valence-electron chi connectivity index (χ0n) is 11.0. The molecule has 0 bridgehead atoms. The molecule has 0 atom stereocenters. The van der Waals surface area contributed by atoms with E-state index in [-0.39, 0.29) is 0 Å². The molecular formula is C15H18N2O2. The lowest BCUT2D eigenvalue weighted by atomic mass is 10.2. The van der Waals surface area contributed by atoms with Crippen LogP contribution in [0.15, 0.2) is 41.0 Å². The highest BCUT2D eigenvalue weighted by atomic mass is 16.5. The van der Waals surface area contributed by atoms with Crippen molar-refractivity contribution in [2.75, 3.05) is 17.7 Å². The molecule has 1 saturated carbocycles. The number of nitrogens with zero attached hydrogens (tertiary/aromatic N) is 1. The normalized spacial score (nSPS) is 14.4. The number of hydrogen-bond donors (Lipinski definition) is 1. The average molecular weight is 258 g/mol. The standard InChI is InChI=1S/C15H18N2O2/c1-18-12-6-7-15(14(16)9-12)17(11-4-5-11)10-13-3-2-8-19-13/h2-3,6-9,11H,4-5,10,16H2,1H3. The van der Waals surface area contributed by atoms with Crippen LogP contribution in [0.3, 0.4) is 0 Å². The van der Waals surface area contributed by atoms with Crippen molar-refractivity contribution >= 4 is 11.4 Å². The maximum Gasteiger partial charge on any atom is 0.123 e. The van der Waals surface area contributed by atoms with Crippen LogP contribution in [0.25, 0.3) is 0 Å². The number of furan rings is 1. The molecule has 0 amide bonds. The van der Waals surface area contributed by atoms with E-state index in [1.807, 2.05) is 30.3 Å². The van der Waals surface area contributed by atoms with Crippen molar-refractivity contribution in [3.63, 3.8) is 0 Å². The molecule has 1 aromatic heterocycles. The van der Waals surface area contributed by atoms with Crippen LogP contribution in [0.1, 0.15) is 18.6 Å². The zero-order chi connectivity index (χ0) is 13.2. The highest BCUT2D eigenvalue weighted by molar-refractivity contribution is 5.70. The van der Waals surface area contributed by atoms with Crippen molar-refractivity contribution in [2.45, 2.75) is 25.4 Å². The second-order valence-electron chi connectivity index (χ2n) is 4.86. The number of hydrogen-bond acceptors (Lipinski definition) is 4. The van der Waals surface area contributed by atoms with Crippen LogP contribution in [0.2, 0.25) is 0 Å². The molecule has 19 heavy (non-hydrogen) atoms. The summed E-state index contributed by atoms with van der Waals surface area (Å²) < 4.78 is 10.6. The first-order valence-corrected chi connectivity index (χ1v) is 6.50. The van der Waals surface area contributed by atoms with Gasteiger partial charge in [-0.2, -0.15) is 0 Å². The Morgan fingerprint density at radius 2 is 2.21 bits per heavy atom. The molecule has 2 aromatic rings. The molecule has 0 aliphatic heterocycles. The fourth-order valence-electron chi connectivity index (χ4n) is 2.29. The van der Waals surface area contributed by atoms with E-state index in [1.54, 1.807) is 13.4 Å². The van der Waals surface area contributed by atoms with Crippen LogP contribution < -0.4 is 15.4 Å². The fourth-order valence-corrected chi connectivity index (χ4v) is 2.29. The van der Waals surface area contributed by atoms with Crippen molar-refractivity contribution in [1.29, 1.82) is 0 Å². The molecule has 0 saturated heterocycles. The van der Waals surface area contributed by atoms with Gasteiger partial charge in [-0.1, -0.05) is 0 Å². The number of rotatable bonds is 5. The third kappa shape index (κ3) is 2.52. The highest BCUT2D eigenvalue weighted by Crippen LogP contribution is 2.37. The number of methoxy groups -OCH3 is 1. The van der Waals surface area contributed by atoms with E-state index in [0.717, 1.165) is 29.4 Å². The van der Waals surface area contributed by atoms with Gasteiger partial charge in [0.05, 0.1) is 31.3 Å². The molecule has 1 aromatic carbocycles. The number of nitrogen functional groups attached to an aromatic ring is 1. The van der Waals surface area contributed by atoms with Crippen molar-refractivity contribution in [2.24, 2.45) is 0 Å². The summed E-state index contributed by atoms with van der Waals surface area (Å²) in [6.45, 7) is 0.758. The van der Waals surface area contributed by atoms with E-state index in [0.29, 0.717) is 6.04 Å². The van der Waals surface area contributed by atoms with Gasteiger partial charge in [0.1, 0.15) is 11.5 Å². The summed E-state index contributed by atoms with van der Waals surface area (Å²) in [4.78, 5) is 2.31. The second-order valence-corrected chi connectivity index (χ2v) is 4.86. The molecule has 4 nitrogen and oxygen atoms in total. The Hall–Kier alpha value is -2.10. The van der Waals surface area contributed by atoms with E-state index in [1.165, 1.54) is 12.8 Å². The molecule has 100 valence electrons. The lowest BCUT2D eigenvalue weighted by molar-refractivity contribution is 0.415. The van der Waals surface area contributed by atoms with Gasteiger partial charge in [0, 0.05) is 12.1 Å². The lowest BCUT2D eigenvalue weighted by Crippen LogP contribution is -2.25. The van der Waals surface area contributed by atoms with Crippen molar-refractivity contribution in [1.82, 2.24) is 0 Å². The van der Waals surface area contributed by atoms with Crippen LogP contribution in [-0.2, 0) is 6.54 Å². The molecule has 1 aliphatic rings. The van der Waals surface area contributed by atoms with E-state index < -0.39 is 0 Å². The summed E-state index contributed by atoms with van der Waals surface area (Å²) >= 11 is 0. The zero-order valence-corrected chi connectivity index (χ0v) is 11.0. The van der Waals surface area contributed by atoms with Gasteiger partial charge in [-0.05, 0) is 37.1 Å². The molecule has 3 rings (SSSR count). The predicted octanol–water partition coefficient (Wildman–Crippen LogP) is 3.04. The average Bonchev–Trinajstić information content (AvgIpc) is 3.14. The van der Waals surface area contributed by atoms with Crippen LogP contribution >= 0.6 is 0 Å². The van der Waals surface area contributed by atoms with Gasteiger partial charge < -0.3 is 19.8 Å². The van der Waals surface area contributed by atoms with E-state index in [4.69, 9.17) is 14.9 Å². The minimum absolute atomic E-state index is 0.570. The van der Waals surface area contributed by atoms with Gasteiger partial charge in [0.15, 0.2) is 0 Å². The Labute approximate surface area is 112 Å². The first kappa shape index (κ1) is 12.0. The summed E-state index contributed by atoms with van der Waals surface area (Å²) in [6.07, 6.45) is 4.14. The SMILES string of the molecule is COc1ccc(N(Cc2ccco2)C2CC2)c(N)c1. The topological polar surface area (TPSA) is 51.6 Å². The molecule has 2 N–H and O–H groups in total. The quantitative estimate of drug-likeness (QED) is 0.837. The minimum Gasteiger partial charge on any atom is -0.497 e. The van der Waals surface area contributed by atoms with E-state index in [9.17, 15) is 0 Å². The smallest absolute Gasteiger partial charge is 0.123 e.